The van der Waals surface area contributed by atoms with Crippen LogP contribution in [-0.4, -0.2) is 14.7 Å². The van der Waals surface area contributed by atoms with Crippen LogP contribution < -0.4 is 0 Å². The van der Waals surface area contributed by atoms with Crippen molar-refractivity contribution in [2.24, 2.45) is 0 Å². The van der Waals surface area contributed by atoms with Crippen molar-refractivity contribution < 1.29 is 5.11 Å². The summed E-state index contributed by atoms with van der Waals surface area (Å²) >= 11 is 0. The predicted octanol–water partition coefficient (Wildman–Crippen LogP) is 4.13. The summed E-state index contributed by atoms with van der Waals surface area (Å²) in [6.07, 6.45) is 3.32. The van der Waals surface area contributed by atoms with Gasteiger partial charge in [0.15, 0.2) is 0 Å². The van der Waals surface area contributed by atoms with Crippen LogP contribution in [0.5, 0.6) is 5.75 Å². The molecule has 0 unspecified atom stereocenters. The molecule has 3 aromatic rings. The summed E-state index contributed by atoms with van der Waals surface area (Å²) in [5, 5.41) is 9.41. The minimum absolute atomic E-state index is 0.306. The molecule has 0 radical (unpaired) electrons. The smallest absolute Gasteiger partial charge is 0.115 e. The van der Waals surface area contributed by atoms with E-state index in [0.717, 1.165) is 30.7 Å². The highest BCUT2D eigenvalue weighted by atomic mass is 16.3. The lowest BCUT2D eigenvalue weighted by Crippen LogP contribution is -2.05. The minimum Gasteiger partial charge on any atom is -0.508 e. The summed E-state index contributed by atoms with van der Waals surface area (Å²) in [7, 11) is 0. The van der Waals surface area contributed by atoms with E-state index in [2.05, 4.69) is 29.7 Å². The van der Waals surface area contributed by atoms with Crippen LogP contribution in [0.3, 0.4) is 0 Å². The Labute approximate surface area is 124 Å². The molecule has 0 aliphatic heterocycles. The zero-order valence-electron chi connectivity index (χ0n) is 12.3. The van der Waals surface area contributed by atoms with E-state index < -0.39 is 0 Å². The van der Waals surface area contributed by atoms with E-state index in [9.17, 15) is 5.11 Å². The highest BCUT2D eigenvalue weighted by Crippen LogP contribution is 2.20. The van der Waals surface area contributed by atoms with Gasteiger partial charge in [-0.25, -0.2) is 4.98 Å². The van der Waals surface area contributed by atoms with Crippen LogP contribution in [0, 0.1) is 0 Å². The fourth-order valence-corrected chi connectivity index (χ4v) is 2.61. The third-order valence-electron chi connectivity index (χ3n) is 3.76. The number of imidazole rings is 1. The molecule has 0 bridgehead atoms. The van der Waals surface area contributed by atoms with Gasteiger partial charge < -0.3 is 9.67 Å². The molecule has 0 saturated heterocycles. The highest BCUT2D eigenvalue weighted by molar-refractivity contribution is 5.76. The number of fused-ring (bicyclic) bond motifs is 1. The van der Waals surface area contributed by atoms with Crippen LogP contribution in [0.2, 0.25) is 0 Å². The summed E-state index contributed by atoms with van der Waals surface area (Å²) in [4.78, 5) is 4.78. The van der Waals surface area contributed by atoms with Gasteiger partial charge in [0.1, 0.15) is 11.6 Å². The van der Waals surface area contributed by atoms with Crippen LogP contribution in [0.1, 0.15) is 31.2 Å². The average Bonchev–Trinajstić information content (AvgIpc) is 2.85. The molecule has 0 fully saturated rings. The molecule has 1 aromatic heterocycles. The van der Waals surface area contributed by atoms with Crippen molar-refractivity contribution in [1.29, 1.82) is 0 Å². The lowest BCUT2D eigenvalue weighted by molar-refractivity contribution is 0.475. The quantitative estimate of drug-likeness (QED) is 0.763. The molecule has 21 heavy (non-hydrogen) atoms. The zero-order chi connectivity index (χ0) is 14.7. The van der Waals surface area contributed by atoms with Gasteiger partial charge in [0.2, 0.25) is 0 Å². The number of phenolic OH excluding ortho intramolecular Hbond substituents is 1. The first-order valence-corrected chi connectivity index (χ1v) is 7.50. The van der Waals surface area contributed by atoms with Gasteiger partial charge in [0, 0.05) is 13.0 Å². The van der Waals surface area contributed by atoms with Crippen molar-refractivity contribution in [3.63, 3.8) is 0 Å². The molecule has 0 amide bonds. The first-order chi connectivity index (χ1) is 10.3. The summed E-state index contributed by atoms with van der Waals surface area (Å²) in [6.45, 7) is 2.99. The third kappa shape index (κ3) is 2.92. The number of unbranched alkanes of at least 4 members (excludes halogenated alkanes) is 1. The largest absolute Gasteiger partial charge is 0.508 e. The minimum atomic E-state index is 0.306. The second-order valence-electron chi connectivity index (χ2n) is 5.37. The first-order valence-electron chi connectivity index (χ1n) is 7.50. The molecular formula is C18H20N2O. The number of aryl methyl sites for hydroxylation is 1. The number of phenols is 1. The van der Waals surface area contributed by atoms with Gasteiger partial charge in [-0.3, -0.25) is 0 Å². The third-order valence-corrected chi connectivity index (χ3v) is 3.76. The zero-order valence-corrected chi connectivity index (χ0v) is 12.3. The van der Waals surface area contributed by atoms with Crippen LogP contribution in [0.25, 0.3) is 11.0 Å². The maximum atomic E-state index is 9.41. The number of benzene rings is 2. The van der Waals surface area contributed by atoms with Gasteiger partial charge >= 0.3 is 0 Å². The van der Waals surface area contributed by atoms with E-state index in [1.165, 1.54) is 17.5 Å². The van der Waals surface area contributed by atoms with E-state index >= 15 is 0 Å². The fourth-order valence-electron chi connectivity index (χ4n) is 2.61. The Kier molecular flexibility index (Phi) is 3.91. The van der Waals surface area contributed by atoms with E-state index in [-0.39, 0.29) is 0 Å². The Morgan fingerprint density at radius 3 is 2.57 bits per heavy atom. The second-order valence-corrected chi connectivity index (χ2v) is 5.37. The van der Waals surface area contributed by atoms with Gasteiger partial charge in [-0.1, -0.05) is 37.6 Å². The first kappa shape index (κ1) is 13.7. The Morgan fingerprint density at radius 1 is 1.05 bits per heavy atom. The molecule has 3 heteroatoms. The monoisotopic (exact) mass is 280 g/mol. The number of hydrogen-bond acceptors (Lipinski definition) is 2. The fraction of sp³-hybridized carbons (Fsp3) is 0.278. The SMILES string of the molecule is CCCCc1nc2ccccc2n1Cc1ccc(O)cc1. The van der Waals surface area contributed by atoms with Gasteiger partial charge in [0.05, 0.1) is 11.0 Å². The molecular weight excluding hydrogens is 260 g/mol. The maximum Gasteiger partial charge on any atom is 0.115 e. The summed E-state index contributed by atoms with van der Waals surface area (Å²) in [6, 6.07) is 15.7. The summed E-state index contributed by atoms with van der Waals surface area (Å²) in [5.41, 5.74) is 3.41. The Bertz CT molecular complexity index is 729. The molecule has 3 rings (SSSR count). The normalized spacial score (nSPS) is 11.1. The lowest BCUT2D eigenvalue weighted by atomic mass is 10.2. The van der Waals surface area contributed by atoms with E-state index in [1.807, 2.05) is 18.2 Å². The van der Waals surface area contributed by atoms with Crippen molar-refractivity contribution in [3.05, 3.63) is 59.9 Å². The number of hydrogen-bond donors (Lipinski definition) is 1. The van der Waals surface area contributed by atoms with Crippen molar-refractivity contribution >= 4 is 11.0 Å². The molecule has 0 spiro atoms. The van der Waals surface area contributed by atoms with Gasteiger partial charge in [-0.05, 0) is 36.2 Å². The number of aromatic nitrogens is 2. The van der Waals surface area contributed by atoms with E-state index in [1.54, 1.807) is 12.1 Å². The van der Waals surface area contributed by atoms with E-state index in [4.69, 9.17) is 4.98 Å². The van der Waals surface area contributed by atoms with Gasteiger partial charge in [0.25, 0.3) is 0 Å². The molecule has 1 heterocycles. The number of para-hydroxylation sites is 2. The van der Waals surface area contributed by atoms with Crippen molar-refractivity contribution in [2.45, 2.75) is 32.7 Å². The molecule has 108 valence electrons. The van der Waals surface area contributed by atoms with Crippen LogP contribution in [-0.2, 0) is 13.0 Å². The molecule has 1 N–H and O–H groups in total. The maximum absolute atomic E-state index is 9.41. The van der Waals surface area contributed by atoms with Crippen LogP contribution >= 0.6 is 0 Å². The summed E-state index contributed by atoms with van der Waals surface area (Å²) in [5.74, 6) is 1.45. The Balaban J connectivity index is 1.99. The number of aromatic hydroxyl groups is 1. The molecule has 0 aliphatic carbocycles. The Hall–Kier alpha value is -2.29. The van der Waals surface area contributed by atoms with Crippen molar-refractivity contribution in [3.8, 4) is 5.75 Å². The van der Waals surface area contributed by atoms with Gasteiger partial charge in [-0.2, -0.15) is 0 Å². The number of rotatable bonds is 5. The average molecular weight is 280 g/mol. The summed E-state index contributed by atoms with van der Waals surface area (Å²) < 4.78 is 2.29. The topological polar surface area (TPSA) is 38.0 Å². The van der Waals surface area contributed by atoms with Crippen molar-refractivity contribution in [2.75, 3.05) is 0 Å². The standard InChI is InChI=1S/C18H20N2O/c1-2-3-8-18-19-16-6-4-5-7-17(16)20(18)13-14-9-11-15(21)12-10-14/h4-7,9-12,21H,2-3,8,13H2,1H3. The Morgan fingerprint density at radius 2 is 1.81 bits per heavy atom. The highest BCUT2D eigenvalue weighted by Gasteiger charge is 2.10. The van der Waals surface area contributed by atoms with E-state index in [0.29, 0.717) is 5.75 Å². The molecule has 0 saturated carbocycles. The molecule has 2 aromatic carbocycles. The lowest BCUT2D eigenvalue weighted by Gasteiger charge is -2.09. The van der Waals surface area contributed by atoms with Gasteiger partial charge in [-0.15, -0.1) is 0 Å². The molecule has 0 atom stereocenters. The van der Waals surface area contributed by atoms with Crippen LogP contribution in [0.15, 0.2) is 48.5 Å². The predicted molar refractivity (Wildman–Crippen MR) is 85.6 cm³/mol. The van der Waals surface area contributed by atoms with Crippen LogP contribution in [0.4, 0.5) is 0 Å². The second kappa shape index (κ2) is 6.00. The molecule has 3 nitrogen and oxygen atoms in total. The number of nitrogens with zero attached hydrogens (tertiary/aromatic N) is 2. The van der Waals surface area contributed by atoms with Crippen molar-refractivity contribution in [1.82, 2.24) is 9.55 Å². The molecule has 0 aliphatic rings.